The maximum absolute atomic E-state index is 11.2. The molecule has 1 aliphatic rings. The number of amides is 1. The standard InChI is InChI=1S/C11H16N2O2S/c1-13-5-3-11(15,4-6-13)8-2-7-16-9(8)10(12)14/h2,7,15H,3-6H2,1H3,(H2,12,14). The number of carbonyl (C=O) groups is 1. The lowest BCUT2D eigenvalue weighted by molar-refractivity contribution is -0.0204. The number of aliphatic hydroxyl groups is 1. The lowest BCUT2D eigenvalue weighted by atomic mass is 9.84. The summed E-state index contributed by atoms with van der Waals surface area (Å²) in [6, 6.07) is 1.82. The predicted octanol–water partition coefficient (Wildman–Crippen LogP) is 0.760. The fourth-order valence-corrected chi connectivity index (χ4v) is 2.97. The molecule has 0 spiro atoms. The molecule has 1 aromatic rings. The van der Waals surface area contributed by atoms with Gasteiger partial charge in [0.05, 0.1) is 10.5 Å². The van der Waals surface area contributed by atoms with E-state index in [0.29, 0.717) is 23.3 Å². The summed E-state index contributed by atoms with van der Waals surface area (Å²) in [6.45, 7) is 1.68. The zero-order valence-electron chi connectivity index (χ0n) is 9.27. The van der Waals surface area contributed by atoms with Crippen LogP contribution >= 0.6 is 11.3 Å². The van der Waals surface area contributed by atoms with Crippen molar-refractivity contribution >= 4 is 17.2 Å². The number of rotatable bonds is 2. The van der Waals surface area contributed by atoms with Gasteiger partial charge >= 0.3 is 0 Å². The predicted molar refractivity (Wildman–Crippen MR) is 63.5 cm³/mol. The van der Waals surface area contributed by atoms with Crippen LogP contribution in [0.4, 0.5) is 0 Å². The van der Waals surface area contributed by atoms with E-state index in [4.69, 9.17) is 5.73 Å². The first-order chi connectivity index (χ1) is 7.53. The Morgan fingerprint density at radius 2 is 2.19 bits per heavy atom. The molecule has 0 aromatic carbocycles. The van der Waals surface area contributed by atoms with Gasteiger partial charge in [-0.25, -0.2) is 0 Å². The number of hydrogen-bond donors (Lipinski definition) is 2. The second kappa shape index (κ2) is 4.16. The largest absolute Gasteiger partial charge is 0.385 e. The highest BCUT2D eigenvalue weighted by Crippen LogP contribution is 2.36. The molecule has 2 rings (SSSR count). The van der Waals surface area contributed by atoms with Crippen LogP contribution in [0.1, 0.15) is 28.1 Å². The van der Waals surface area contributed by atoms with Crippen molar-refractivity contribution in [2.75, 3.05) is 20.1 Å². The van der Waals surface area contributed by atoms with Crippen molar-refractivity contribution in [1.82, 2.24) is 4.90 Å². The van der Waals surface area contributed by atoms with E-state index in [0.717, 1.165) is 13.1 Å². The molecule has 1 saturated heterocycles. The summed E-state index contributed by atoms with van der Waals surface area (Å²) in [7, 11) is 2.03. The van der Waals surface area contributed by atoms with Gasteiger partial charge in [-0.1, -0.05) is 0 Å². The Labute approximate surface area is 98.7 Å². The van der Waals surface area contributed by atoms with Gasteiger partial charge in [0.15, 0.2) is 0 Å². The highest BCUT2D eigenvalue weighted by atomic mass is 32.1. The first kappa shape index (κ1) is 11.6. The van der Waals surface area contributed by atoms with Crippen LogP contribution in [-0.4, -0.2) is 36.1 Å². The highest BCUT2D eigenvalue weighted by molar-refractivity contribution is 7.12. The average molecular weight is 240 g/mol. The van der Waals surface area contributed by atoms with Gasteiger partial charge in [0.1, 0.15) is 0 Å². The number of piperidine rings is 1. The van der Waals surface area contributed by atoms with Crippen molar-refractivity contribution in [3.63, 3.8) is 0 Å². The molecule has 16 heavy (non-hydrogen) atoms. The summed E-state index contributed by atoms with van der Waals surface area (Å²) in [6.07, 6.45) is 1.31. The van der Waals surface area contributed by atoms with E-state index < -0.39 is 11.5 Å². The third-order valence-corrected chi connectivity index (χ3v) is 4.13. The third kappa shape index (κ3) is 1.98. The molecular weight excluding hydrogens is 224 g/mol. The number of primary amides is 1. The van der Waals surface area contributed by atoms with Crippen LogP contribution in [0.25, 0.3) is 0 Å². The fraction of sp³-hybridized carbons (Fsp3) is 0.545. The van der Waals surface area contributed by atoms with E-state index in [1.807, 2.05) is 18.5 Å². The van der Waals surface area contributed by atoms with E-state index in [9.17, 15) is 9.90 Å². The molecule has 2 heterocycles. The molecule has 0 bridgehead atoms. The summed E-state index contributed by atoms with van der Waals surface area (Å²) in [4.78, 5) is 13.9. The molecule has 1 aliphatic heterocycles. The molecule has 0 radical (unpaired) electrons. The van der Waals surface area contributed by atoms with E-state index in [-0.39, 0.29) is 0 Å². The third-order valence-electron chi connectivity index (χ3n) is 3.20. The van der Waals surface area contributed by atoms with Crippen molar-refractivity contribution < 1.29 is 9.90 Å². The van der Waals surface area contributed by atoms with Crippen LogP contribution < -0.4 is 5.73 Å². The molecular formula is C11H16N2O2S. The van der Waals surface area contributed by atoms with Gasteiger partial charge in [-0.2, -0.15) is 0 Å². The topological polar surface area (TPSA) is 66.6 Å². The Kier molecular flexibility index (Phi) is 3.01. The van der Waals surface area contributed by atoms with Crippen molar-refractivity contribution in [2.45, 2.75) is 18.4 Å². The van der Waals surface area contributed by atoms with E-state index in [1.165, 1.54) is 11.3 Å². The van der Waals surface area contributed by atoms with E-state index >= 15 is 0 Å². The normalized spacial score (nSPS) is 20.9. The molecule has 3 N–H and O–H groups in total. The molecule has 0 saturated carbocycles. The molecule has 4 nitrogen and oxygen atoms in total. The minimum absolute atomic E-state index is 0.447. The summed E-state index contributed by atoms with van der Waals surface area (Å²) in [5.74, 6) is -0.447. The maximum Gasteiger partial charge on any atom is 0.259 e. The number of likely N-dealkylation sites (tertiary alicyclic amines) is 1. The van der Waals surface area contributed by atoms with Crippen LogP contribution in [0.5, 0.6) is 0 Å². The van der Waals surface area contributed by atoms with Gasteiger partial charge in [-0.05, 0) is 31.3 Å². The van der Waals surface area contributed by atoms with Crippen LogP contribution in [-0.2, 0) is 5.60 Å². The molecule has 88 valence electrons. The van der Waals surface area contributed by atoms with Gasteiger partial charge in [0.2, 0.25) is 0 Å². The highest BCUT2D eigenvalue weighted by Gasteiger charge is 2.36. The van der Waals surface area contributed by atoms with Gasteiger partial charge in [0, 0.05) is 18.7 Å². The molecule has 0 atom stereocenters. The monoisotopic (exact) mass is 240 g/mol. The summed E-state index contributed by atoms with van der Waals surface area (Å²) in [5, 5.41) is 12.4. The van der Waals surface area contributed by atoms with Crippen molar-refractivity contribution in [3.05, 3.63) is 21.9 Å². The first-order valence-electron chi connectivity index (χ1n) is 5.32. The molecule has 1 fully saturated rings. The van der Waals surface area contributed by atoms with Crippen molar-refractivity contribution in [2.24, 2.45) is 5.73 Å². The van der Waals surface area contributed by atoms with E-state index in [2.05, 4.69) is 4.90 Å². The molecule has 1 aromatic heterocycles. The van der Waals surface area contributed by atoms with Crippen LogP contribution in [0.15, 0.2) is 11.4 Å². The molecule has 0 unspecified atom stereocenters. The zero-order chi connectivity index (χ0) is 11.8. The molecule has 0 aliphatic carbocycles. The number of nitrogens with zero attached hydrogens (tertiary/aromatic N) is 1. The van der Waals surface area contributed by atoms with Gasteiger partial charge < -0.3 is 15.7 Å². The zero-order valence-corrected chi connectivity index (χ0v) is 10.1. The van der Waals surface area contributed by atoms with E-state index in [1.54, 1.807) is 0 Å². The van der Waals surface area contributed by atoms with Crippen molar-refractivity contribution in [3.8, 4) is 0 Å². The Morgan fingerprint density at radius 3 is 2.75 bits per heavy atom. The van der Waals surface area contributed by atoms with Crippen LogP contribution in [0.3, 0.4) is 0 Å². The number of thiophene rings is 1. The molecule has 1 amide bonds. The Balaban J connectivity index is 2.29. The van der Waals surface area contributed by atoms with Crippen molar-refractivity contribution in [1.29, 1.82) is 0 Å². The SMILES string of the molecule is CN1CCC(O)(c2ccsc2C(N)=O)CC1. The lowest BCUT2D eigenvalue weighted by Crippen LogP contribution is -2.41. The minimum atomic E-state index is -0.878. The Morgan fingerprint density at radius 1 is 1.56 bits per heavy atom. The van der Waals surface area contributed by atoms with Gasteiger partial charge in [-0.3, -0.25) is 4.79 Å². The number of nitrogens with two attached hydrogens (primary N) is 1. The quantitative estimate of drug-likeness (QED) is 0.802. The maximum atomic E-state index is 11.2. The van der Waals surface area contributed by atoms with Gasteiger partial charge in [-0.15, -0.1) is 11.3 Å². The van der Waals surface area contributed by atoms with Gasteiger partial charge in [0.25, 0.3) is 5.91 Å². The minimum Gasteiger partial charge on any atom is -0.385 e. The van der Waals surface area contributed by atoms with Crippen LogP contribution in [0, 0.1) is 0 Å². The fourth-order valence-electron chi connectivity index (χ4n) is 2.12. The Hall–Kier alpha value is -0.910. The van der Waals surface area contributed by atoms with Crippen LogP contribution in [0.2, 0.25) is 0 Å². The molecule has 5 heteroatoms. The smallest absolute Gasteiger partial charge is 0.259 e. The summed E-state index contributed by atoms with van der Waals surface area (Å²) in [5.41, 5.74) is 5.13. The first-order valence-corrected chi connectivity index (χ1v) is 6.19. The summed E-state index contributed by atoms with van der Waals surface area (Å²) < 4.78 is 0. The number of hydrogen-bond acceptors (Lipinski definition) is 4. The average Bonchev–Trinajstić information content (AvgIpc) is 2.72. The second-order valence-corrected chi connectivity index (χ2v) is 5.28. The second-order valence-electron chi connectivity index (χ2n) is 4.36. The number of carbonyl (C=O) groups excluding carboxylic acids is 1. The Bertz CT molecular complexity index is 394. The summed E-state index contributed by atoms with van der Waals surface area (Å²) >= 11 is 1.30. The lowest BCUT2D eigenvalue weighted by Gasteiger charge is -2.36.